The normalized spacial score (nSPS) is 39.2. The molecule has 3 fully saturated rings. The number of aliphatic hydroxyl groups is 4. The lowest BCUT2D eigenvalue weighted by Crippen LogP contribution is -2.61. The lowest BCUT2D eigenvalue weighted by Gasteiger charge is -2.42. The van der Waals surface area contributed by atoms with Crippen molar-refractivity contribution in [3.05, 3.63) is 47.6 Å². The second kappa shape index (κ2) is 25.0. The van der Waals surface area contributed by atoms with Crippen molar-refractivity contribution in [2.45, 2.75) is 193 Å². The quantitative estimate of drug-likeness (QED) is 0.133. The number of hydrogen-bond donors (Lipinski definition) is 4. The van der Waals surface area contributed by atoms with Gasteiger partial charge in [0.1, 0.15) is 23.7 Å². The van der Waals surface area contributed by atoms with Crippen LogP contribution in [0.15, 0.2) is 47.6 Å². The molecule has 2 bridgehead atoms. The Labute approximate surface area is 381 Å². The van der Waals surface area contributed by atoms with Crippen molar-refractivity contribution in [1.29, 1.82) is 0 Å². The molecular weight excluding hydrogens is 819 g/mol. The number of amides is 1. The highest BCUT2D eigenvalue weighted by molar-refractivity contribution is 6.39. The molecule has 12 atom stereocenters. The molecule has 4 aliphatic rings. The molecule has 4 rings (SSSR count). The largest absolute Gasteiger partial charge is 0.460 e. The van der Waals surface area contributed by atoms with E-state index in [0.29, 0.717) is 63.4 Å². The van der Waals surface area contributed by atoms with Crippen LogP contribution in [0.25, 0.3) is 0 Å². The minimum Gasteiger partial charge on any atom is -0.460 e. The molecule has 1 saturated carbocycles. The van der Waals surface area contributed by atoms with E-state index < -0.39 is 71.8 Å². The summed E-state index contributed by atoms with van der Waals surface area (Å²) < 4.78 is 18.2. The maximum Gasteiger partial charge on any atom is 0.329 e. The SMILES string of the molecule is CO[C@H]1C[C@@H]2CC[C@@H](C)[C@@](O)(O2)C(=O)C(=O)N2CCCC[C@H]2C(=O)O[C@H]([C@H](C)CC2CCC(O)CC2)CC(O)CC(=O)[C@H](C)/C=C(\C)[C@@H](O)CC(=O)[C@@H](C)C[C@H](C)/C=C/C=C/C=C1C. The highest BCUT2D eigenvalue weighted by atomic mass is 16.6. The third-order valence-electron chi connectivity index (χ3n) is 14.4. The zero-order valence-corrected chi connectivity index (χ0v) is 39.8. The Morgan fingerprint density at radius 3 is 2.20 bits per heavy atom. The Hall–Kier alpha value is -3.33. The molecule has 0 radical (unpaired) electrons. The van der Waals surface area contributed by atoms with Gasteiger partial charge in [0, 0.05) is 57.1 Å². The molecule has 3 heterocycles. The smallest absolute Gasteiger partial charge is 0.329 e. The van der Waals surface area contributed by atoms with Gasteiger partial charge in [0.05, 0.1) is 30.5 Å². The van der Waals surface area contributed by atoms with Crippen molar-refractivity contribution in [3.8, 4) is 0 Å². The number of rotatable bonds is 4. The van der Waals surface area contributed by atoms with E-state index in [1.165, 1.54) is 4.90 Å². The second-order valence-electron chi connectivity index (χ2n) is 19.8. The first kappa shape index (κ1) is 53.3. The van der Waals surface area contributed by atoms with Crippen molar-refractivity contribution >= 4 is 29.2 Å². The number of esters is 1. The molecule has 0 aromatic heterocycles. The third kappa shape index (κ3) is 15.1. The van der Waals surface area contributed by atoms with Crippen molar-refractivity contribution in [1.82, 2.24) is 4.90 Å². The van der Waals surface area contributed by atoms with E-state index in [4.69, 9.17) is 14.2 Å². The molecule has 13 heteroatoms. The van der Waals surface area contributed by atoms with Crippen LogP contribution in [-0.4, -0.2) is 117 Å². The number of carbonyl (C=O) groups is 5. The molecule has 2 saturated heterocycles. The van der Waals surface area contributed by atoms with Gasteiger partial charge in [0.2, 0.25) is 5.79 Å². The van der Waals surface area contributed by atoms with Gasteiger partial charge in [-0.2, -0.15) is 0 Å². The number of allylic oxidation sites excluding steroid dienone is 6. The molecular formula is C51H79NO12. The van der Waals surface area contributed by atoms with Gasteiger partial charge < -0.3 is 39.5 Å². The zero-order valence-electron chi connectivity index (χ0n) is 39.8. The van der Waals surface area contributed by atoms with Gasteiger partial charge in [0.25, 0.3) is 11.7 Å². The zero-order chi connectivity index (χ0) is 47.3. The van der Waals surface area contributed by atoms with Gasteiger partial charge in [-0.15, -0.1) is 0 Å². The first-order valence-electron chi connectivity index (χ1n) is 24.0. The number of ketones is 3. The molecule has 64 heavy (non-hydrogen) atoms. The van der Waals surface area contributed by atoms with E-state index in [-0.39, 0.29) is 73.6 Å². The summed E-state index contributed by atoms with van der Waals surface area (Å²) in [5, 5.41) is 44.4. The van der Waals surface area contributed by atoms with Crippen LogP contribution in [0.3, 0.4) is 0 Å². The Balaban J connectivity index is 1.64. The van der Waals surface area contributed by atoms with Crippen LogP contribution in [-0.2, 0) is 38.2 Å². The molecule has 3 aliphatic heterocycles. The number of methoxy groups -OCH3 is 1. The minimum absolute atomic E-state index is 0.0503. The van der Waals surface area contributed by atoms with Crippen LogP contribution < -0.4 is 0 Å². The molecule has 4 N–H and O–H groups in total. The number of ether oxygens (including phenoxy) is 3. The summed E-state index contributed by atoms with van der Waals surface area (Å²) >= 11 is 0. The topological polar surface area (TPSA) is 197 Å². The third-order valence-corrected chi connectivity index (χ3v) is 14.4. The molecule has 1 aliphatic carbocycles. The van der Waals surface area contributed by atoms with Gasteiger partial charge in [-0.3, -0.25) is 19.2 Å². The predicted octanol–water partition coefficient (Wildman–Crippen LogP) is 6.68. The fraction of sp³-hybridized carbons (Fsp3) is 0.745. The predicted molar refractivity (Wildman–Crippen MR) is 243 cm³/mol. The molecule has 1 amide bonds. The van der Waals surface area contributed by atoms with Crippen molar-refractivity contribution < 1.29 is 58.6 Å². The maximum absolute atomic E-state index is 14.2. The van der Waals surface area contributed by atoms with E-state index in [0.717, 1.165) is 18.4 Å². The Morgan fingerprint density at radius 2 is 1.52 bits per heavy atom. The monoisotopic (exact) mass is 898 g/mol. The van der Waals surface area contributed by atoms with Crippen LogP contribution >= 0.6 is 0 Å². The van der Waals surface area contributed by atoms with Crippen molar-refractivity contribution in [3.63, 3.8) is 0 Å². The molecule has 0 aromatic carbocycles. The molecule has 1 unspecified atom stereocenters. The average molecular weight is 898 g/mol. The summed E-state index contributed by atoms with van der Waals surface area (Å²) in [6.45, 7) is 12.9. The lowest BCUT2D eigenvalue weighted by atomic mass is 9.80. The summed E-state index contributed by atoms with van der Waals surface area (Å²) in [6.07, 6.45) is 13.2. The second-order valence-corrected chi connectivity index (χ2v) is 19.8. The van der Waals surface area contributed by atoms with Gasteiger partial charge in [-0.1, -0.05) is 71.1 Å². The van der Waals surface area contributed by atoms with Gasteiger partial charge in [-0.05, 0) is 113 Å². The first-order valence-corrected chi connectivity index (χ1v) is 24.0. The molecule has 13 nitrogen and oxygen atoms in total. The summed E-state index contributed by atoms with van der Waals surface area (Å²) in [5.41, 5.74) is 1.38. The van der Waals surface area contributed by atoms with Crippen LogP contribution in [0.4, 0.5) is 0 Å². The van der Waals surface area contributed by atoms with E-state index in [2.05, 4.69) is 0 Å². The highest BCUT2D eigenvalue weighted by Gasteiger charge is 2.53. The van der Waals surface area contributed by atoms with Crippen LogP contribution in [0, 0.1) is 35.5 Å². The van der Waals surface area contributed by atoms with Crippen LogP contribution in [0.5, 0.6) is 0 Å². The summed E-state index contributed by atoms with van der Waals surface area (Å²) in [7, 11) is 1.58. The average Bonchev–Trinajstić information content (AvgIpc) is 3.25. The van der Waals surface area contributed by atoms with Gasteiger partial charge >= 0.3 is 5.97 Å². The Bertz CT molecular complexity index is 1710. The standard InChI is InChI=1S/C51H79NO12/c1-31-14-10-9-11-15-32(2)46(62-8)29-41-22-17-37(7)51(61,64-41)48(58)49(59)52-23-13-12-16-42(52)50(60)63-47(36(6)26-38-18-20-39(53)21-19-38)28-40(54)27-43(55)34(4)25-35(5)45(57)30-44(56)33(3)24-31/h9-11,14-15,25,31,33-34,36-42,45-47,53-54,57,61H,12-13,16-24,26-30H2,1-8H3/b11-9+,14-10+,32-15?,35-25+/t31-,33+,34-,36-,37-,38?,39?,40?,41+,42+,45+,46+,47+,51-/m1/s1. The summed E-state index contributed by atoms with van der Waals surface area (Å²) in [4.78, 5) is 70.4. The maximum atomic E-state index is 14.2. The van der Waals surface area contributed by atoms with Crippen molar-refractivity contribution in [2.75, 3.05) is 13.7 Å². The van der Waals surface area contributed by atoms with E-state index >= 15 is 0 Å². The van der Waals surface area contributed by atoms with E-state index in [9.17, 15) is 44.4 Å². The van der Waals surface area contributed by atoms with Crippen LogP contribution in [0.1, 0.15) is 145 Å². The molecule has 0 spiro atoms. The number of Topliss-reactive ketones (excluding diaryl/α,β-unsaturated/α-hetero) is 3. The fourth-order valence-corrected chi connectivity index (χ4v) is 9.92. The van der Waals surface area contributed by atoms with Gasteiger partial charge in [-0.25, -0.2) is 4.79 Å². The summed E-state index contributed by atoms with van der Waals surface area (Å²) in [5.74, 6) is -7.25. The number of carbonyl (C=O) groups excluding carboxylic acids is 5. The number of fused-ring (bicyclic) bond motifs is 3. The number of piperidine rings is 1. The van der Waals surface area contributed by atoms with Gasteiger partial charge in [0.15, 0.2) is 0 Å². The Kier molecular flexibility index (Phi) is 20.8. The summed E-state index contributed by atoms with van der Waals surface area (Å²) in [6, 6.07) is -1.11. The van der Waals surface area contributed by atoms with E-state index in [1.54, 1.807) is 34.0 Å². The van der Waals surface area contributed by atoms with E-state index in [1.807, 2.05) is 58.1 Å². The molecule has 360 valence electrons. The van der Waals surface area contributed by atoms with Crippen molar-refractivity contribution in [2.24, 2.45) is 35.5 Å². The lowest BCUT2D eigenvalue weighted by molar-refractivity contribution is -0.265. The first-order chi connectivity index (χ1) is 30.2. The molecule has 0 aromatic rings. The van der Waals surface area contributed by atoms with Crippen LogP contribution in [0.2, 0.25) is 0 Å². The number of hydrogen-bond acceptors (Lipinski definition) is 12. The number of aliphatic hydroxyl groups excluding tert-OH is 3. The highest BCUT2D eigenvalue weighted by Crippen LogP contribution is 2.37. The fourth-order valence-electron chi connectivity index (χ4n) is 9.92. The number of nitrogens with zero attached hydrogens (tertiary/aromatic N) is 1. The number of cyclic esters (lactones) is 1. The Morgan fingerprint density at radius 1 is 0.812 bits per heavy atom. The minimum atomic E-state index is -2.42.